The summed E-state index contributed by atoms with van der Waals surface area (Å²) in [5.74, 6) is 0.897. The standard InChI is InChI=1S/C19H21Cl2NO4/c1-11(2)10-26-18-12(5-6-16(24-3)19(18)25-4)13(9-23)17-14(20)7-22-8-15(17)21/h5-9,11,13H,10H2,1-4H3. The molecule has 0 bridgehead atoms. The highest BCUT2D eigenvalue weighted by atomic mass is 35.5. The van der Waals surface area contributed by atoms with Crippen molar-refractivity contribution in [3.05, 3.63) is 45.7 Å². The van der Waals surface area contributed by atoms with Gasteiger partial charge in [0.05, 0.1) is 36.8 Å². The summed E-state index contributed by atoms with van der Waals surface area (Å²) in [6, 6.07) is 3.47. The maximum atomic E-state index is 12.0. The molecule has 0 aliphatic rings. The van der Waals surface area contributed by atoms with E-state index in [1.807, 2.05) is 13.8 Å². The van der Waals surface area contributed by atoms with Gasteiger partial charge in [0.25, 0.3) is 0 Å². The molecule has 1 atom stereocenters. The van der Waals surface area contributed by atoms with Gasteiger partial charge in [-0.15, -0.1) is 0 Å². The molecule has 140 valence electrons. The lowest BCUT2D eigenvalue weighted by Gasteiger charge is -2.22. The molecular weight excluding hydrogens is 377 g/mol. The van der Waals surface area contributed by atoms with Crippen LogP contribution >= 0.6 is 23.2 Å². The summed E-state index contributed by atoms with van der Waals surface area (Å²) in [7, 11) is 3.06. The van der Waals surface area contributed by atoms with E-state index in [-0.39, 0.29) is 5.92 Å². The highest BCUT2D eigenvalue weighted by molar-refractivity contribution is 6.36. The van der Waals surface area contributed by atoms with Gasteiger partial charge in [0.15, 0.2) is 11.5 Å². The fourth-order valence-electron chi connectivity index (χ4n) is 2.57. The Morgan fingerprint density at radius 1 is 1.08 bits per heavy atom. The van der Waals surface area contributed by atoms with Crippen molar-refractivity contribution in [2.75, 3.05) is 20.8 Å². The van der Waals surface area contributed by atoms with Gasteiger partial charge in [-0.05, 0) is 12.0 Å². The van der Waals surface area contributed by atoms with Gasteiger partial charge < -0.3 is 19.0 Å². The first-order valence-electron chi connectivity index (χ1n) is 8.06. The summed E-state index contributed by atoms with van der Waals surface area (Å²) in [6.45, 7) is 4.50. The minimum absolute atomic E-state index is 0.279. The molecule has 1 unspecified atom stereocenters. The first-order chi connectivity index (χ1) is 12.4. The van der Waals surface area contributed by atoms with Gasteiger partial charge in [-0.25, -0.2) is 0 Å². The van der Waals surface area contributed by atoms with Crippen LogP contribution in [-0.2, 0) is 4.79 Å². The van der Waals surface area contributed by atoms with Crippen molar-refractivity contribution < 1.29 is 19.0 Å². The van der Waals surface area contributed by atoms with Gasteiger partial charge >= 0.3 is 0 Å². The molecule has 0 spiro atoms. The number of rotatable bonds is 8. The lowest BCUT2D eigenvalue weighted by Crippen LogP contribution is -2.12. The summed E-state index contributed by atoms with van der Waals surface area (Å²) in [4.78, 5) is 15.9. The predicted octanol–water partition coefficient (Wildman–Crippen LogP) is 4.77. The number of methoxy groups -OCH3 is 2. The van der Waals surface area contributed by atoms with Gasteiger partial charge in [0.2, 0.25) is 5.75 Å². The fraction of sp³-hybridized carbons (Fsp3) is 0.368. The third kappa shape index (κ3) is 4.22. The van der Waals surface area contributed by atoms with Gasteiger partial charge in [-0.1, -0.05) is 43.1 Å². The molecule has 0 aliphatic heterocycles. The van der Waals surface area contributed by atoms with Crippen LogP contribution < -0.4 is 14.2 Å². The Kier molecular flexibility index (Phi) is 7.12. The van der Waals surface area contributed by atoms with Crippen molar-refractivity contribution in [3.63, 3.8) is 0 Å². The monoisotopic (exact) mass is 397 g/mol. The lowest BCUT2D eigenvalue weighted by molar-refractivity contribution is -0.108. The van der Waals surface area contributed by atoms with E-state index in [4.69, 9.17) is 37.4 Å². The topological polar surface area (TPSA) is 57.7 Å². The molecule has 0 fully saturated rings. The van der Waals surface area contributed by atoms with Gasteiger partial charge in [0.1, 0.15) is 6.29 Å². The molecule has 1 aromatic carbocycles. The Labute approximate surface area is 163 Å². The van der Waals surface area contributed by atoms with Crippen LogP contribution in [0.25, 0.3) is 0 Å². The van der Waals surface area contributed by atoms with Crippen LogP contribution in [0.5, 0.6) is 17.2 Å². The van der Waals surface area contributed by atoms with E-state index in [9.17, 15) is 4.79 Å². The molecule has 1 aromatic heterocycles. The Morgan fingerprint density at radius 2 is 1.73 bits per heavy atom. The second-order valence-electron chi connectivity index (χ2n) is 6.05. The number of hydrogen-bond donors (Lipinski definition) is 0. The van der Waals surface area contributed by atoms with Crippen molar-refractivity contribution in [1.82, 2.24) is 4.98 Å². The number of carbonyl (C=O) groups is 1. The SMILES string of the molecule is COc1ccc(C(C=O)c2c(Cl)cncc2Cl)c(OCC(C)C)c1OC. The van der Waals surface area contributed by atoms with E-state index in [1.54, 1.807) is 12.1 Å². The van der Waals surface area contributed by atoms with Crippen LogP contribution in [0.15, 0.2) is 24.5 Å². The number of aldehydes is 1. The summed E-state index contributed by atoms with van der Waals surface area (Å²) >= 11 is 12.5. The summed E-state index contributed by atoms with van der Waals surface area (Å²) in [5.41, 5.74) is 1.06. The van der Waals surface area contributed by atoms with Crippen LogP contribution in [0.1, 0.15) is 30.9 Å². The fourth-order valence-corrected chi connectivity index (χ4v) is 3.17. The molecule has 5 nitrogen and oxygen atoms in total. The number of ether oxygens (including phenoxy) is 3. The zero-order valence-electron chi connectivity index (χ0n) is 15.1. The molecule has 2 rings (SSSR count). The minimum Gasteiger partial charge on any atom is -0.493 e. The lowest BCUT2D eigenvalue weighted by atomic mass is 9.92. The minimum atomic E-state index is -0.736. The van der Waals surface area contributed by atoms with Gasteiger partial charge in [-0.3, -0.25) is 4.98 Å². The average Bonchev–Trinajstić information content (AvgIpc) is 2.62. The molecule has 7 heteroatoms. The molecule has 0 N–H and O–H groups in total. The summed E-state index contributed by atoms with van der Waals surface area (Å²) < 4.78 is 16.8. The predicted molar refractivity (Wildman–Crippen MR) is 102 cm³/mol. The number of halogens is 2. The number of carbonyl (C=O) groups excluding carboxylic acids is 1. The molecular formula is C19H21Cl2NO4. The normalized spacial score (nSPS) is 12.0. The number of hydrogen-bond acceptors (Lipinski definition) is 5. The van der Waals surface area contributed by atoms with Gasteiger partial charge in [-0.2, -0.15) is 0 Å². The Hall–Kier alpha value is -1.98. The van der Waals surface area contributed by atoms with Gasteiger partial charge in [0, 0.05) is 23.5 Å². The molecule has 2 aromatic rings. The highest BCUT2D eigenvalue weighted by Crippen LogP contribution is 2.45. The molecule has 0 aliphatic carbocycles. The number of benzene rings is 1. The zero-order valence-corrected chi connectivity index (χ0v) is 16.6. The van der Waals surface area contributed by atoms with E-state index < -0.39 is 5.92 Å². The number of nitrogens with zero attached hydrogens (tertiary/aromatic N) is 1. The molecule has 0 radical (unpaired) electrons. The number of pyridine rings is 1. The third-order valence-corrected chi connectivity index (χ3v) is 4.37. The van der Waals surface area contributed by atoms with E-state index in [1.165, 1.54) is 26.6 Å². The highest BCUT2D eigenvalue weighted by Gasteiger charge is 2.27. The maximum absolute atomic E-state index is 12.0. The number of aromatic nitrogens is 1. The van der Waals surface area contributed by atoms with Crippen molar-refractivity contribution >= 4 is 29.5 Å². The van der Waals surface area contributed by atoms with Crippen LogP contribution in [0, 0.1) is 5.92 Å². The van der Waals surface area contributed by atoms with E-state index in [2.05, 4.69) is 4.98 Å². The van der Waals surface area contributed by atoms with Crippen LogP contribution in [0.2, 0.25) is 10.0 Å². The molecule has 0 saturated carbocycles. The Bertz CT molecular complexity index is 760. The third-order valence-electron chi connectivity index (χ3n) is 3.76. The second-order valence-corrected chi connectivity index (χ2v) is 6.87. The van der Waals surface area contributed by atoms with E-state index in [0.717, 1.165) is 6.29 Å². The molecule has 0 saturated heterocycles. The van der Waals surface area contributed by atoms with Crippen molar-refractivity contribution in [3.8, 4) is 17.2 Å². The van der Waals surface area contributed by atoms with Crippen LogP contribution in [0.3, 0.4) is 0 Å². The van der Waals surface area contributed by atoms with Crippen molar-refractivity contribution in [2.45, 2.75) is 19.8 Å². The molecule has 1 heterocycles. The van der Waals surface area contributed by atoms with E-state index >= 15 is 0 Å². The Balaban J connectivity index is 2.67. The van der Waals surface area contributed by atoms with Crippen molar-refractivity contribution in [1.29, 1.82) is 0 Å². The first-order valence-corrected chi connectivity index (χ1v) is 8.82. The van der Waals surface area contributed by atoms with E-state index in [0.29, 0.717) is 45.0 Å². The smallest absolute Gasteiger partial charge is 0.203 e. The maximum Gasteiger partial charge on any atom is 0.203 e. The average molecular weight is 398 g/mol. The molecule has 26 heavy (non-hydrogen) atoms. The van der Waals surface area contributed by atoms with Crippen LogP contribution in [-0.4, -0.2) is 32.1 Å². The largest absolute Gasteiger partial charge is 0.493 e. The molecule has 0 amide bonds. The quantitative estimate of drug-likeness (QED) is 0.600. The van der Waals surface area contributed by atoms with Crippen LogP contribution in [0.4, 0.5) is 0 Å². The second kappa shape index (κ2) is 9.10. The Morgan fingerprint density at radius 3 is 2.23 bits per heavy atom. The van der Waals surface area contributed by atoms with Crippen molar-refractivity contribution in [2.24, 2.45) is 5.92 Å². The zero-order chi connectivity index (χ0) is 19.3. The summed E-state index contributed by atoms with van der Waals surface area (Å²) in [5, 5.41) is 0.610. The summed E-state index contributed by atoms with van der Waals surface area (Å²) in [6.07, 6.45) is 3.68. The first kappa shape index (κ1) is 20.3.